The van der Waals surface area contributed by atoms with E-state index in [-0.39, 0.29) is 11.7 Å². The van der Waals surface area contributed by atoms with Crippen molar-refractivity contribution in [1.29, 1.82) is 0 Å². The lowest BCUT2D eigenvalue weighted by atomic mass is 10.1. The van der Waals surface area contributed by atoms with Crippen LogP contribution >= 0.6 is 34.5 Å². The Hall–Kier alpha value is -2.15. The fraction of sp³-hybridized carbons (Fsp3) is 0.250. The number of nitrogens with zero attached hydrogens (tertiary/aromatic N) is 3. The van der Waals surface area contributed by atoms with Crippen LogP contribution in [0.25, 0.3) is 11.3 Å². The Kier molecular flexibility index (Phi) is 6.54. The van der Waals surface area contributed by atoms with Crippen molar-refractivity contribution in [2.24, 2.45) is 4.99 Å². The maximum absolute atomic E-state index is 11.4. The highest BCUT2D eigenvalue weighted by atomic mass is 35.5. The van der Waals surface area contributed by atoms with E-state index in [0.717, 1.165) is 24.1 Å². The number of para-hydroxylation sites is 2. The van der Waals surface area contributed by atoms with Crippen molar-refractivity contribution >= 4 is 45.9 Å². The van der Waals surface area contributed by atoms with Gasteiger partial charge in [0.1, 0.15) is 5.69 Å². The molecule has 0 aliphatic heterocycles. The van der Waals surface area contributed by atoms with Crippen LogP contribution in [0.4, 0.5) is 11.4 Å². The molecule has 0 bridgehead atoms. The second-order valence-electron chi connectivity index (χ2n) is 6.39. The summed E-state index contributed by atoms with van der Waals surface area (Å²) >= 11 is 14.0. The summed E-state index contributed by atoms with van der Waals surface area (Å²) in [6.45, 7) is 4.23. The molecule has 0 amide bonds. The molecule has 28 heavy (non-hydrogen) atoms. The van der Waals surface area contributed by atoms with Gasteiger partial charge in [-0.2, -0.15) is 0 Å². The molecule has 0 radical (unpaired) electrons. The number of hydrogen-bond donors (Lipinski definition) is 0. The molecule has 0 N–H and O–H groups in total. The average molecular weight is 436 g/mol. The van der Waals surface area contributed by atoms with Crippen molar-refractivity contribution in [2.75, 3.05) is 0 Å². The number of rotatable bonds is 6. The summed E-state index contributed by atoms with van der Waals surface area (Å²) in [6.07, 6.45) is 1.93. The Morgan fingerprint density at radius 3 is 2.71 bits per heavy atom. The Bertz CT molecular complexity index is 1080. The number of aromatic nitrogens is 1. The quantitative estimate of drug-likeness (QED) is 0.308. The van der Waals surface area contributed by atoms with Gasteiger partial charge in [-0.3, -0.25) is 10.1 Å². The summed E-state index contributed by atoms with van der Waals surface area (Å²) < 4.78 is 2.09. The summed E-state index contributed by atoms with van der Waals surface area (Å²) in [6, 6.07) is 12.0. The van der Waals surface area contributed by atoms with Gasteiger partial charge in [-0.05, 0) is 37.6 Å². The lowest BCUT2D eigenvalue weighted by Gasteiger charge is -2.17. The van der Waals surface area contributed by atoms with Gasteiger partial charge in [0.2, 0.25) is 0 Å². The van der Waals surface area contributed by atoms with Crippen LogP contribution in [0.3, 0.4) is 0 Å². The van der Waals surface area contributed by atoms with Crippen LogP contribution in [0.5, 0.6) is 0 Å². The SMILES string of the molecule is CCCC(C)n1c(-c2cc(Cl)ccc2Cl)csc1=Nc1ccccc1[N+](=O)[O-]. The van der Waals surface area contributed by atoms with Gasteiger partial charge < -0.3 is 4.57 Å². The maximum Gasteiger partial charge on any atom is 0.294 e. The first-order chi connectivity index (χ1) is 13.4. The monoisotopic (exact) mass is 435 g/mol. The summed E-state index contributed by atoms with van der Waals surface area (Å²) in [5.41, 5.74) is 2.02. The Balaban J connectivity index is 2.25. The molecule has 0 aliphatic carbocycles. The van der Waals surface area contributed by atoms with E-state index in [9.17, 15) is 10.1 Å². The van der Waals surface area contributed by atoms with Crippen LogP contribution in [-0.4, -0.2) is 9.49 Å². The van der Waals surface area contributed by atoms with Crippen LogP contribution in [0, 0.1) is 10.1 Å². The van der Waals surface area contributed by atoms with Crippen molar-refractivity contribution < 1.29 is 4.92 Å². The zero-order valence-electron chi connectivity index (χ0n) is 15.4. The third-order valence-corrected chi connectivity index (χ3v) is 5.79. The van der Waals surface area contributed by atoms with E-state index in [1.54, 1.807) is 30.3 Å². The number of hydrogen-bond acceptors (Lipinski definition) is 4. The molecule has 1 heterocycles. The van der Waals surface area contributed by atoms with E-state index in [1.165, 1.54) is 17.4 Å². The zero-order valence-corrected chi connectivity index (χ0v) is 17.8. The minimum atomic E-state index is -0.416. The van der Waals surface area contributed by atoms with Crippen molar-refractivity contribution in [1.82, 2.24) is 4.57 Å². The van der Waals surface area contributed by atoms with Crippen molar-refractivity contribution in [3.05, 3.63) is 72.8 Å². The Morgan fingerprint density at radius 1 is 1.25 bits per heavy atom. The lowest BCUT2D eigenvalue weighted by Crippen LogP contribution is -2.20. The second-order valence-corrected chi connectivity index (χ2v) is 8.07. The molecule has 146 valence electrons. The number of nitro benzene ring substituents is 1. The lowest BCUT2D eigenvalue weighted by molar-refractivity contribution is -0.384. The fourth-order valence-corrected chi connectivity index (χ4v) is 4.47. The standard InChI is InChI=1S/C20H19Cl2N3O2S/c1-3-6-13(2)24-19(15-11-14(21)9-10-16(15)22)12-28-20(24)23-17-7-4-5-8-18(17)25(26)27/h4-5,7-13H,3,6H2,1-2H3. The van der Waals surface area contributed by atoms with E-state index in [0.29, 0.717) is 20.5 Å². The van der Waals surface area contributed by atoms with Gasteiger partial charge in [0, 0.05) is 28.1 Å². The van der Waals surface area contributed by atoms with E-state index >= 15 is 0 Å². The minimum absolute atomic E-state index is 0.0204. The van der Waals surface area contributed by atoms with Gasteiger partial charge in [-0.15, -0.1) is 11.3 Å². The molecular formula is C20H19Cl2N3O2S. The van der Waals surface area contributed by atoms with Crippen molar-refractivity contribution in [3.8, 4) is 11.3 Å². The molecular weight excluding hydrogens is 417 g/mol. The fourth-order valence-electron chi connectivity index (χ4n) is 3.08. The van der Waals surface area contributed by atoms with Crippen LogP contribution in [0.1, 0.15) is 32.7 Å². The first kappa shape index (κ1) is 20.6. The first-order valence-electron chi connectivity index (χ1n) is 8.86. The molecule has 1 atom stereocenters. The third kappa shape index (κ3) is 4.29. The summed E-state index contributed by atoms with van der Waals surface area (Å²) in [4.78, 5) is 16.2. The predicted molar refractivity (Wildman–Crippen MR) is 116 cm³/mol. The smallest absolute Gasteiger partial charge is 0.294 e. The average Bonchev–Trinajstić information content (AvgIpc) is 3.07. The van der Waals surface area contributed by atoms with Gasteiger partial charge in [-0.1, -0.05) is 48.7 Å². The van der Waals surface area contributed by atoms with E-state index in [4.69, 9.17) is 23.2 Å². The maximum atomic E-state index is 11.4. The third-order valence-electron chi connectivity index (χ3n) is 4.39. The largest absolute Gasteiger partial charge is 0.314 e. The Labute approximate surface area is 177 Å². The number of thiazole rings is 1. The molecule has 5 nitrogen and oxygen atoms in total. The molecule has 1 aromatic heterocycles. The highest BCUT2D eigenvalue weighted by molar-refractivity contribution is 7.07. The van der Waals surface area contributed by atoms with Crippen molar-refractivity contribution in [2.45, 2.75) is 32.7 Å². The molecule has 3 rings (SSSR count). The number of halogens is 2. The zero-order chi connectivity index (χ0) is 20.3. The van der Waals surface area contributed by atoms with Gasteiger partial charge >= 0.3 is 0 Å². The van der Waals surface area contributed by atoms with E-state index in [2.05, 4.69) is 23.4 Å². The summed E-state index contributed by atoms with van der Waals surface area (Å²) in [7, 11) is 0. The molecule has 8 heteroatoms. The summed E-state index contributed by atoms with van der Waals surface area (Å²) in [5.74, 6) is 0. The number of benzene rings is 2. The number of nitro groups is 1. The van der Waals surface area contributed by atoms with Gasteiger partial charge in [0.05, 0.1) is 15.6 Å². The Morgan fingerprint density at radius 2 is 2.00 bits per heavy atom. The second kappa shape index (κ2) is 8.90. The van der Waals surface area contributed by atoms with Crippen LogP contribution in [0.15, 0.2) is 52.8 Å². The first-order valence-corrected chi connectivity index (χ1v) is 10.5. The van der Waals surface area contributed by atoms with E-state index < -0.39 is 4.92 Å². The van der Waals surface area contributed by atoms with E-state index in [1.807, 2.05) is 11.4 Å². The van der Waals surface area contributed by atoms with Crippen LogP contribution in [0.2, 0.25) is 10.0 Å². The topological polar surface area (TPSA) is 60.4 Å². The highest BCUT2D eigenvalue weighted by Crippen LogP contribution is 2.33. The molecule has 1 unspecified atom stereocenters. The normalized spacial score (nSPS) is 12.9. The van der Waals surface area contributed by atoms with Gasteiger partial charge in [0.15, 0.2) is 4.80 Å². The van der Waals surface area contributed by atoms with Crippen LogP contribution in [-0.2, 0) is 0 Å². The highest BCUT2D eigenvalue weighted by Gasteiger charge is 2.18. The molecule has 0 fully saturated rings. The molecule has 2 aromatic carbocycles. The van der Waals surface area contributed by atoms with Gasteiger partial charge in [-0.25, -0.2) is 4.99 Å². The molecule has 0 aliphatic rings. The molecule has 0 saturated heterocycles. The van der Waals surface area contributed by atoms with Crippen molar-refractivity contribution in [3.63, 3.8) is 0 Å². The molecule has 3 aromatic rings. The molecule has 0 spiro atoms. The van der Waals surface area contributed by atoms with Crippen LogP contribution < -0.4 is 4.80 Å². The minimum Gasteiger partial charge on any atom is -0.314 e. The molecule has 0 saturated carbocycles. The predicted octanol–water partition coefficient (Wildman–Crippen LogP) is 7.03. The van der Waals surface area contributed by atoms with Gasteiger partial charge in [0.25, 0.3) is 5.69 Å². The summed E-state index contributed by atoms with van der Waals surface area (Å²) in [5, 5.41) is 14.5.